The third-order valence-electron chi connectivity index (χ3n) is 8.92. The number of aliphatic carboxylic acids is 2. The molecule has 5 rings (SSSR count). The van der Waals surface area contributed by atoms with E-state index in [0.29, 0.717) is 29.2 Å². The molecule has 0 aromatic carbocycles. The van der Waals surface area contributed by atoms with E-state index >= 15 is 0 Å². The molecular formula is C34H38FeN4O4S2. The van der Waals surface area contributed by atoms with Gasteiger partial charge in [-0.15, -0.1) is 33.5 Å². The van der Waals surface area contributed by atoms with Crippen molar-refractivity contribution in [1.82, 2.24) is 15.0 Å². The molecule has 1 fully saturated rings. The number of hydrogen-bond acceptors (Lipinski definition) is 4. The van der Waals surface area contributed by atoms with E-state index in [1.54, 1.807) is 0 Å². The van der Waals surface area contributed by atoms with Crippen molar-refractivity contribution in [1.29, 1.82) is 0 Å². The van der Waals surface area contributed by atoms with E-state index in [2.05, 4.69) is 26.8 Å². The zero-order valence-corrected chi connectivity index (χ0v) is 29.1. The summed E-state index contributed by atoms with van der Waals surface area (Å²) in [7, 11) is 0. The maximum atomic E-state index is 11.6. The Bertz CT molecular complexity index is 1830. The Kier molecular flexibility index (Phi) is 10.7. The number of fused-ring (bicyclic) bond motifs is 8. The number of rotatable bonds is 8. The molecule has 1 unspecified atom stereocenters. The summed E-state index contributed by atoms with van der Waals surface area (Å²) in [5, 5.41) is 25.4. The van der Waals surface area contributed by atoms with Crippen LogP contribution in [0.1, 0.15) is 95.0 Å². The molecule has 238 valence electrons. The van der Waals surface area contributed by atoms with E-state index in [1.807, 2.05) is 39.0 Å². The molecule has 2 N–H and O–H groups in total. The van der Waals surface area contributed by atoms with Gasteiger partial charge in [0.05, 0.1) is 0 Å². The minimum absolute atomic E-state index is 0. The summed E-state index contributed by atoms with van der Waals surface area (Å²) < 4.78 is 0. The maximum absolute atomic E-state index is 11.6. The summed E-state index contributed by atoms with van der Waals surface area (Å²) in [5.74, 6) is -1.64. The van der Waals surface area contributed by atoms with Crippen LogP contribution in [0.3, 0.4) is 0 Å². The van der Waals surface area contributed by atoms with Crippen LogP contribution in [-0.2, 0) is 39.5 Å². The summed E-state index contributed by atoms with van der Waals surface area (Å²) in [4.78, 5) is 38.2. The van der Waals surface area contributed by atoms with Crippen molar-refractivity contribution in [2.24, 2.45) is 11.8 Å². The summed E-state index contributed by atoms with van der Waals surface area (Å²) in [6.45, 7) is 12.2. The standard InChI is InChI=1S/C34H38N4O4S2.Fe/c1-15-21(7-9-31(39)40)27-14-28-22(8-10-32(41)42)16(2)24(36-28)12-29-34(20(6)44)18(4)26(38-29)13-30-33(19(5)43)17(3)25(37-30)11-23(15)35-27;/h11-14,17,19-20,33,43-44H,7-10H2,1-6H3,(H,39,40)(H,41,42);/q-4;+4/b24-12+,25-11+,28-14-,30-13-;/t17?,19-,20-,33+;/m0./s1. The average molecular weight is 687 g/mol. The molecule has 2 aliphatic heterocycles. The third-order valence-corrected chi connectivity index (χ3v) is 9.49. The minimum Gasteiger partial charge on any atom is -0.664 e. The van der Waals surface area contributed by atoms with Gasteiger partial charge in [-0.2, -0.15) is 36.7 Å². The maximum Gasteiger partial charge on any atom is 4.00 e. The van der Waals surface area contributed by atoms with E-state index in [-0.39, 0.29) is 52.2 Å². The molecule has 0 aliphatic carbocycles. The number of carboxylic acid groups (broad SMARTS) is 2. The topological polar surface area (TPSA) is 131 Å². The molecule has 8 nitrogen and oxygen atoms in total. The van der Waals surface area contributed by atoms with Gasteiger partial charge in [0.1, 0.15) is 0 Å². The molecular weight excluding hydrogens is 648 g/mol. The number of allylic oxidation sites excluding steroid dienone is 2. The second kappa shape index (κ2) is 13.8. The van der Waals surface area contributed by atoms with Crippen LogP contribution in [0.15, 0.2) is 11.4 Å². The van der Waals surface area contributed by atoms with Gasteiger partial charge in [0.25, 0.3) is 0 Å². The molecule has 4 atom stereocenters. The van der Waals surface area contributed by atoms with Crippen LogP contribution >= 0.6 is 25.3 Å². The zero-order chi connectivity index (χ0) is 32.0. The van der Waals surface area contributed by atoms with Crippen LogP contribution in [0.25, 0.3) is 29.6 Å². The molecule has 0 spiro atoms. The van der Waals surface area contributed by atoms with Crippen LogP contribution in [-0.4, -0.2) is 27.4 Å². The van der Waals surface area contributed by atoms with Gasteiger partial charge in [0, 0.05) is 23.3 Å². The predicted octanol–water partition coefficient (Wildman–Crippen LogP) is 4.82. The van der Waals surface area contributed by atoms with E-state index in [1.165, 1.54) is 0 Å². The SMILES string of the molecule is Cc1c2[n-]c(c1CCC(=O)O)/C=c1\[n-]/c(c(C)c1CCC(=O)O)=C/c1[n-]c(c(C)c1[C@H](C)S)/C=C1\[N-]/C(=C/2)C(C)[C@@H]1[C@H](C)S.[Fe+4]. The van der Waals surface area contributed by atoms with Gasteiger partial charge >= 0.3 is 29.0 Å². The van der Waals surface area contributed by atoms with Gasteiger partial charge in [-0.1, -0.05) is 66.0 Å². The number of nitrogens with zero attached hydrogens (tertiary/aromatic N) is 4. The molecule has 3 aromatic rings. The van der Waals surface area contributed by atoms with E-state index in [0.717, 1.165) is 61.9 Å². The molecule has 2 aliphatic rings. The number of aromatic nitrogens is 3. The molecule has 8 bridgehead atoms. The molecule has 1 saturated heterocycles. The van der Waals surface area contributed by atoms with Crippen LogP contribution in [0, 0.1) is 32.6 Å². The minimum atomic E-state index is -0.891. The number of carbonyl (C=O) groups is 2. The van der Waals surface area contributed by atoms with E-state index < -0.39 is 11.9 Å². The second-order valence-corrected chi connectivity index (χ2v) is 13.5. The van der Waals surface area contributed by atoms with Crippen molar-refractivity contribution in [3.63, 3.8) is 0 Å². The summed E-state index contributed by atoms with van der Waals surface area (Å²) in [6, 6.07) is 0. The molecule has 0 amide bonds. The second-order valence-electron chi connectivity index (χ2n) is 12.0. The fraction of sp³-hybridized carbons (Fsp3) is 0.412. The van der Waals surface area contributed by atoms with Gasteiger partial charge in [0.15, 0.2) is 0 Å². The normalized spacial score (nSPS) is 22.3. The first-order valence-electron chi connectivity index (χ1n) is 14.9. The third kappa shape index (κ3) is 6.92. The summed E-state index contributed by atoms with van der Waals surface area (Å²) in [6.07, 6.45) is 8.42. The van der Waals surface area contributed by atoms with Crippen LogP contribution in [0.5, 0.6) is 0 Å². The first-order chi connectivity index (χ1) is 20.8. The van der Waals surface area contributed by atoms with Crippen molar-refractivity contribution < 1.29 is 36.9 Å². The van der Waals surface area contributed by atoms with E-state index in [4.69, 9.17) is 45.5 Å². The van der Waals surface area contributed by atoms with Gasteiger partial charge in [-0.25, -0.2) is 0 Å². The first kappa shape index (κ1) is 34.9. The molecule has 5 heterocycles. The fourth-order valence-electron chi connectivity index (χ4n) is 6.51. The Hall–Kier alpha value is -2.98. The van der Waals surface area contributed by atoms with Gasteiger partial charge in [0.2, 0.25) is 0 Å². The first-order valence-corrected chi connectivity index (χ1v) is 15.9. The van der Waals surface area contributed by atoms with Gasteiger partial charge in [-0.3, -0.25) is 9.59 Å². The number of carboxylic acids is 2. The Balaban J connectivity index is 0.00000461. The smallest absolute Gasteiger partial charge is 0.664 e. The Labute approximate surface area is 285 Å². The van der Waals surface area contributed by atoms with Crippen molar-refractivity contribution >= 4 is 61.5 Å². The molecule has 45 heavy (non-hydrogen) atoms. The Morgan fingerprint density at radius 1 is 0.756 bits per heavy atom. The largest absolute Gasteiger partial charge is 4.00 e. The molecule has 0 saturated carbocycles. The number of hydrogen-bond donors (Lipinski definition) is 4. The predicted molar refractivity (Wildman–Crippen MR) is 180 cm³/mol. The monoisotopic (exact) mass is 686 g/mol. The Morgan fingerprint density at radius 2 is 1.31 bits per heavy atom. The fourth-order valence-corrected chi connectivity index (χ4v) is 7.25. The van der Waals surface area contributed by atoms with Gasteiger partial charge in [-0.05, 0) is 57.9 Å². The Morgan fingerprint density at radius 3 is 1.91 bits per heavy atom. The zero-order valence-electron chi connectivity index (χ0n) is 26.2. The molecule has 3 aromatic heterocycles. The summed E-state index contributed by atoms with van der Waals surface area (Å²) in [5.41, 5.74) is 10.2. The average Bonchev–Trinajstić information content (AvgIpc) is 3.59. The van der Waals surface area contributed by atoms with Crippen molar-refractivity contribution in [2.75, 3.05) is 0 Å². The molecule has 0 radical (unpaired) electrons. The van der Waals surface area contributed by atoms with Crippen LogP contribution < -0.4 is 25.7 Å². The summed E-state index contributed by atoms with van der Waals surface area (Å²) >= 11 is 9.65. The van der Waals surface area contributed by atoms with Crippen molar-refractivity contribution in [2.45, 2.75) is 77.7 Å². The molecule has 11 heteroatoms. The van der Waals surface area contributed by atoms with Gasteiger partial charge < -0.3 is 30.5 Å². The van der Waals surface area contributed by atoms with E-state index in [9.17, 15) is 19.8 Å². The van der Waals surface area contributed by atoms with Crippen LogP contribution in [0.2, 0.25) is 0 Å². The van der Waals surface area contributed by atoms with Crippen molar-refractivity contribution in [3.8, 4) is 0 Å². The van der Waals surface area contributed by atoms with Crippen LogP contribution in [0.4, 0.5) is 0 Å². The van der Waals surface area contributed by atoms with Crippen molar-refractivity contribution in [3.05, 3.63) is 83.6 Å². The quantitative estimate of drug-likeness (QED) is 0.198. The number of thiol groups is 2.